The van der Waals surface area contributed by atoms with Crippen molar-refractivity contribution in [3.63, 3.8) is 0 Å². The molecule has 2 N–H and O–H groups in total. The first-order valence-corrected chi connectivity index (χ1v) is 19.9. The van der Waals surface area contributed by atoms with Gasteiger partial charge < -0.3 is 20.1 Å². The van der Waals surface area contributed by atoms with Crippen molar-refractivity contribution in [1.82, 2.24) is 15.1 Å². The summed E-state index contributed by atoms with van der Waals surface area (Å²) in [6.07, 6.45) is 7.39. The number of amides is 3. The maximum atomic E-state index is 13.3. The Morgan fingerprint density at radius 1 is 0.745 bits per heavy atom. The average molecular weight is 739 g/mol. The Morgan fingerprint density at radius 2 is 1.51 bits per heavy atom. The highest BCUT2D eigenvalue weighted by Gasteiger charge is 2.44. The SMILES string of the molecule is C=C1CCC(N2C(=O)c3ccc(N4CCN(CCCCCCOc5ccc([C@@H]6c7ccc(O)cc7CC[C@@H]6c6ccccc6)cc5)CC4)cc3C2=O)C(=O)N1. The maximum absolute atomic E-state index is 13.3. The minimum absolute atomic E-state index is 0.228. The summed E-state index contributed by atoms with van der Waals surface area (Å²) in [6.45, 7) is 9.17. The normalized spacial score (nSPS) is 21.3. The highest BCUT2D eigenvalue weighted by Crippen LogP contribution is 2.47. The van der Waals surface area contributed by atoms with Crippen molar-refractivity contribution in [1.29, 1.82) is 0 Å². The molecule has 0 spiro atoms. The van der Waals surface area contributed by atoms with Crippen LogP contribution in [0.15, 0.2) is 103 Å². The highest BCUT2D eigenvalue weighted by molar-refractivity contribution is 6.23. The first-order chi connectivity index (χ1) is 26.8. The lowest BCUT2D eigenvalue weighted by Crippen LogP contribution is -2.51. The summed E-state index contributed by atoms with van der Waals surface area (Å²) in [5.74, 6) is 0.711. The van der Waals surface area contributed by atoms with E-state index in [4.69, 9.17) is 4.74 Å². The first kappa shape index (κ1) is 36.6. The molecule has 4 aliphatic rings. The predicted octanol–water partition coefficient (Wildman–Crippen LogP) is 7.40. The molecule has 4 aromatic rings. The molecule has 9 heteroatoms. The Kier molecular flexibility index (Phi) is 10.7. The summed E-state index contributed by atoms with van der Waals surface area (Å²) in [5, 5.41) is 12.8. The van der Waals surface area contributed by atoms with Crippen LogP contribution in [-0.4, -0.2) is 78.0 Å². The summed E-state index contributed by atoms with van der Waals surface area (Å²) < 4.78 is 6.17. The number of phenolic OH excluding ortho intramolecular Hbond substituents is 1. The van der Waals surface area contributed by atoms with Gasteiger partial charge in [0.2, 0.25) is 5.91 Å². The van der Waals surface area contributed by atoms with Gasteiger partial charge in [-0.25, -0.2) is 0 Å². The number of phenols is 1. The molecule has 4 aromatic carbocycles. The molecule has 2 saturated heterocycles. The fraction of sp³-hybridized carbons (Fsp3) is 0.370. The molecule has 2 fully saturated rings. The standard InChI is InChI=1S/C46H50N4O5/c1-31-11-22-42(44(52)47-31)50-45(53)40-20-15-35(30-41(40)46(50)54)49-26-24-48(25-27-49)23-7-2-3-8-28-55-37-17-12-33(13-18-37)43-38(32-9-5-4-6-10-32)19-14-34-29-36(51)16-21-39(34)43/h4-6,9-10,12-13,15-18,20-21,29-30,38,42-43,51H,1-3,7-8,11,14,19,22-28H2,(H,47,52)/t38-,42?,43+/m1/s1. The van der Waals surface area contributed by atoms with E-state index >= 15 is 0 Å². The van der Waals surface area contributed by atoms with E-state index in [1.54, 1.807) is 6.07 Å². The zero-order chi connectivity index (χ0) is 37.9. The van der Waals surface area contributed by atoms with Crippen LogP contribution in [0.1, 0.15) is 99.8 Å². The monoisotopic (exact) mass is 738 g/mol. The van der Waals surface area contributed by atoms with Gasteiger partial charge in [-0.1, -0.05) is 68.0 Å². The Balaban J connectivity index is 0.761. The molecule has 3 amide bonds. The smallest absolute Gasteiger partial charge is 0.262 e. The molecule has 0 saturated carbocycles. The van der Waals surface area contributed by atoms with Gasteiger partial charge in [-0.2, -0.15) is 0 Å². The largest absolute Gasteiger partial charge is 0.508 e. The lowest BCUT2D eigenvalue weighted by atomic mass is 9.69. The molecule has 8 rings (SSSR count). The van der Waals surface area contributed by atoms with Gasteiger partial charge in [-0.15, -0.1) is 0 Å². The van der Waals surface area contributed by atoms with Crippen LogP contribution in [0.4, 0.5) is 5.69 Å². The summed E-state index contributed by atoms with van der Waals surface area (Å²) >= 11 is 0. The number of aromatic hydroxyl groups is 1. The lowest BCUT2D eigenvalue weighted by Gasteiger charge is -2.36. The van der Waals surface area contributed by atoms with Crippen molar-refractivity contribution >= 4 is 23.4 Å². The molecule has 3 atom stereocenters. The molecule has 1 aliphatic carbocycles. The topological polar surface area (TPSA) is 102 Å². The number of nitrogens with one attached hydrogen (secondary N) is 1. The zero-order valence-corrected chi connectivity index (χ0v) is 31.4. The van der Waals surface area contributed by atoms with Crippen LogP contribution in [0.3, 0.4) is 0 Å². The van der Waals surface area contributed by atoms with Gasteiger partial charge in [-0.3, -0.25) is 24.2 Å². The summed E-state index contributed by atoms with van der Waals surface area (Å²) in [6, 6.07) is 30.0. The fourth-order valence-electron chi connectivity index (χ4n) is 9.00. The molecule has 0 bridgehead atoms. The number of imide groups is 1. The molecule has 1 unspecified atom stereocenters. The highest BCUT2D eigenvalue weighted by atomic mass is 16.5. The number of benzene rings is 4. The van der Waals surface area contributed by atoms with Gasteiger partial charge >= 0.3 is 0 Å². The number of piperazine rings is 1. The van der Waals surface area contributed by atoms with Gasteiger partial charge in [0.1, 0.15) is 17.5 Å². The number of rotatable bonds is 12. The maximum Gasteiger partial charge on any atom is 0.262 e. The number of hydrogen-bond acceptors (Lipinski definition) is 7. The van der Waals surface area contributed by atoms with E-state index in [-0.39, 0.29) is 11.8 Å². The number of hydrogen-bond donors (Lipinski definition) is 2. The first-order valence-electron chi connectivity index (χ1n) is 19.9. The molecule has 0 aromatic heterocycles. The number of carbonyl (C=O) groups excluding carboxylic acids is 3. The number of allylic oxidation sites excluding steroid dienone is 1. The minimum atomic E-state index is -0.798. The van der Waals surface area contributed by atoms with E-state index in [1.165, 1.54) is 22.3 Å². The van der Waals surface area contributed by atoms with Crippen LogP contribution in [0.25, 0.3) is 0 Å². The third-order valence-corrected chi connectivity index (χ3v) is 12.0. The second-order valence-electron chi connectivity index (χ2n) is 15.4. The van der Waals surface area contributed by atoms with E-state index < -0.39 is 17.9 Å². The molecular formula is C46H50N4O5. The van der Waals surface area contributed by atoms with Crippen LogP contribution in [0.5, 0.6) is 11.5 Å². The van der Waals surface area contributed by atoms with Crippen LogP contribution in [0, 0.1) is 0 Å². The number of piperidine rings is 1. The number of aryl methyl sites for hydroxylation is 1. The number of unbranched alkanes of at least 4 members (excludes halogenated alkanes) is 3. The van der Waals surface area contributed by atoms with Crippen LogP contribution >= 0.6 is 0 Å². The molecule has 9 nitrogen and oxygen atoms in total. The molecule has 3 heterocycles. The molecule has 284 valence electrons. The van der Waals surface area contributed by atoms with E-state index in [9.17, 15) is 19.5 Å². The lowest BCUT2D eigenvalue weighted by molar-refractivity contribution is -0.125. The second kappa shape index (κ2) is 16.1. The average Bonchev–Trinajstić information content (AvgIpc) is 3.45. The Labute approximate surface area is 323 Å². The van der Waals surface area contributed by atoms with Crippen LogP contribution < -0.4 is 15.0 Å². The van der Waals surface area contributed by atoms with Gasteiger partial charge in [0.25, 0.3) is 11.8 Å². The van der Waals surface area contributed by atoms with Crippen molar-refractivity contribution in [3.05, 3.63) is 137 Å². The van der Waals surface area contributed by atoms with E-state index in [1.807, 2.05) is 24.3 Å². The Morgan fingerprint density at radius 3 is 2.29 bits per heavy atom. The quantitative estimate of drug-likeness (QED) is 0.115. The fourth-order valence-corrected chi connectivity index (χ4v) is 9.00. The van der Waals surface area contributed by atoms with E-state index in [0.29, 0.717) is 47.9 Å². The van der Waals surface area contributed by atoms with E-state index in [2.05, 4.69) is 82.4 Å². The Hall–Kier alpha value is -5.41. The third-order valence-electron chi connectivity index (χ3n) is 12.0. The summed E-state index contributed by atoms with van der Waals surface area (Å²) in [4.78, 5) is 44.9. The molecule has 0 radical (unpaired) electrons. The van der Waals surface area contributed by atoms with Crippen LogP contribution in [-0.2, 0) is 11.2 Å². The number of carbonyl (C=O) groups is 3. The number of anilines is 1. The molecule has 3 aliphatic heterocycles. The number of ether oxygens (including phenoxy) is 1. The van der Waals surface area contributed by atoms with Gasteiger partial charge in [0, 0.05) is 43.5 Å². The van der Waals surface area contributed by atoms with Gasteiger partial charge in [0.05, 0.1) is 17.7 Å². The Bertz CT molecular complexity index is 2060. The van der Waals surface area contributed by atoms with Crippen LogP contribution in [0.2, 0.25) is 0 Å². The minimum Gasteiger partial charge on any atom is -0.508 e. The number of fused-ring (bicyclic) bond motifs is 2. The van der Waals surface area contributed by atoms with Crippen molar-refractivity contribution in [3.8, 4) is 11.5 Å². The number of nitrogens with zero attached hydrogens (tertiary/aromatic N) is 3. The third kappa shape index (κ3) is 7.76. The summed E-state index contributed by atoms with van der Waals surface area (Å²) in [7, 11) is 0. The van der Waals surface area contributed by atoms with Crippen molar-refractivity contribution in [2.75, 3.05) is 44.2 Å². The molecular weight excluding hydrogens is 689 g/mol. The molecule has 55 heavy (non-hydrogen) atoms. The van der Waals surface area contributed by atoms with Gasteiger partial charge in [-0.05, 0) is 116 Å². The van der Waals surface area contributed by atoms with Gasteiger partial charge in [0.15, 0.2) is 0 Å². The van der Waals surface area contributed by atoms with Crippen molar-refractivity contribution in [2.24, 2.45) is 0 Å². The van der Waals surface area contributed by atoms with Crippen molar-refractivity contribution in [2.45, 2.75) is 69.2 Å². The van der Waals surface area contributed by atoms with E-state index in [0.717, 1.165) is 87.6 Å². The van der Waals surface area contributed by atoms with Crippen molar-refractivity contribution < 1.29 is 24.2 Å². The zero-order valence-electron chi connectivity index (χ0n) is 31.4. The second-order valence-corrected chi connectivity index (χ2v) is 15.4. The predicted molar refractivity (Wildman–Crippen MR) is 214 cm³/mol. The summed E-state index contributed by atoms with van der Waals surface area (Å²) in [5.41, 5.74) is 7.48.